The Hall–Kier alpha value is -3.23. The number of carbonyl (C=O) groups excluding carboxylic acids is 2. The second-order valence-corrected chi connectivity index (χ2v) is 7.61. The largest absolute Gasteiger partial charge is 0.507 e. The van der Waals surface area contributed by atoms with Gasteiger partial charge in [0, 0.05) is 11.6 Å². The summed E-state index contributed by atoms with van der Waals surface area (Å²) in [7, 11) is 0. The highest BCUT2D eigenvalue weighted by Gasteiger charge is 2.34. The van der Waals surface area contributed by atoms with Crippen LogP contribution in [0.25, 0.3) is 17.0 Å². The number of carbonyl (C=O) groups is 2. The number of pyridine rings is 1. The number of amides is 2. The molecule has 2 amide bonds. The Bertz CT molecular complexity index is 1160. The summed E-state index contributed by atoms with van der Waals surface area (Å²) < 4.78 is 0.211. The van der Waals surface area contributed by atoms with Crippen molar-refractivity contribution < 1.29 is 14.7 Å². The number of nitrogens with zero attached hydrogens (tertiary/aromatic N) is 2. The van der Waals surface area contributed by atoms with Gasteiger partial charge in [-0.3, -0.25) is 20.0 Å². The van der Waals surface area contributed by atoms with Gasteiger partial charge in [-0.2, -0.15) is 5.01 Å². The van der Waals surface area contributed by atoms with Crippen LogP contribution >= 0.6 is 24.0 Å². The number of rotatable bonds is 3. The van der Waals surface area contributed by atoms with E-state index in [0.29, 0.717) is 4.91 Å². The summed E-state index contributed by atoms with van der Waals surface area (Å²) in [4.78, 5) is 29.7. The zero-order valence-electron chi connectivity index (χ0n) is 14.3. The Morgan fingerprint density at radius 3 is 2.82 bits per heavy atom. The first kappa shape index (κ1) is 18.1. The lowest BCUT2D eigenvalue weighted by molar-refractivity contribution is -0.123. The van der Waals surface area contributed by atoms with E-state index in [0.717, 1.165) is 33.2 Å². The summed E-state index contributed by atoms with van der Waals surface area (Å²) in [5.74, 6) is -1.22. The third-order valence-corrected chi connectivity index (χ3v) is 5.38. The highest BCUT2D eigenvalue weighted by Crippen LogP contribution is 2.32. The molecule has 2 aromatic carbocycles. The average molecular weight is 407 g/mol. The monoisotopic (exact) mass is 407 g/mol. The third-order valence-electron chi connectivity index (χ3n) is 4.08. The van der Waals surface area contributed by atoms with Crippen molar-refractivity contribution in [2.75, 3.05) is 0 Å². The number of phenolic OH excluding ortho intramolecular Hbond substituents is 1. The maximum Gasteiger partial charge on any atom is 0.285 e. The van der Waals surface area contributed by atoms with Crippen LogP contribution in [0.15, 0.2) is 65.7 Å². The minimum absolute atomic E-state index is 0.0579. The summed E-state index contributed by atoms with van der Waals surface area (Å²) in [6.45, 7) is 0. The number of benzene rings is 2. The van der Waals surface area contributed by atoms with Crippen LogP contribution < -0.4 is 5.43 Å². The number of para-hydroxylation sites is 1. The first-order chi connectivity index (χ1) is 13.5. The van der Waals surface area contributed by atoms with E-state index in [9.17, 15) is 14.7 Å². The molecule has 138 valence electrons. The number of aromatic nitrogens is 1. The molecule has 0 saturated carbocycles. The second-order valence-electron chi connectivity index (χ2n) is 5.93. The molecular weight excluding hydrogens is 394 g/mol. The van der Waals surface area contributed by atoms with Gasteiger partial charge in [0.25, 0.3) is 11.8 Å². The van der Waals surface area contributed by atoms with E-state index in [2.05, 4.69) is 10.4 Å². The Labute approximate surface area is 169 Å². The number of thioether (sulfide) groups is 1. The molecule has 0 spiro atoms. The van der Waals surface area contributed by atoms with Gasteiger partial charge in [-0.1, -0.05) is 36.0 Å². The summed E-state index contributed by atoms with van der Waals surface area (Å²) in [6, 6.07) is 15.5. The van der Waals surface area contributed by atoms with Crippen LogP contribution in [0.3, 0.4) is 0 Å². The summed E-state index contributed by atoms with van der Waals surface area (Å²) in [6.07, 6.45) is 3.44. The smallest absolute Gasteiger partial charge is 0.285 e. The van der Waals surface area contributed by atoms with Gasteiger partial charge < -0.3 is 5.11 Å². The molecule has 1 aliphatic heterocycles. The van der Waals surface area contributed by atoms with Crippen LogP contribution in [-0.4, -0.2) is 31.2 Å². The Balaban J connectivity index is 1.57. The molecule has 0 aliphatic carbocycles. The lowest BCUT2D eigenvalue weighted by Gasteiger charge is -2.16. The maximum atomic E-state index is 12.7. The number of aromatic hydroxyl groups is 1. The molecule has 6 nitrogen and oxygen atoms in total. The van der Waals surface area contributed by atoms with Crippen molar-refractivity contribution >= 4 is 57.1 Å². The average Bonchev–Trinajstić information content (AvgIpc) is 2.95. The van der Waals surface area contributed by atoms with Crippen LogP contribution in [0, 0.1) is 0 Å². The highest BCUT2D eigenvalue weighted by atomic mass is 32.2. The predicted molar refractivity (Wildman–Crippen MR) is 112 cm³/mol. The number of hydrazine groups is 1. The molecular formula is C20H13N3O3S2. The van der Waals surface area contributed by atoms with Crippen molar-refractivity contribution in [3.63, 3.8) is 0 Å². The van der Waals surface area contributed by atoms with Crippen LogP contribution in [0.5, 0.6) is 5.75 Å². The molecule has 0 unspecified atom stereocenters. The number of hydrogen-bond donors (Lipinski definition) is 2. The third kappa shape index (κ3) is 3.47. The Morgan fingerprint density at radius 1 is 1.18 bits per heavy atom. The predicted octanol–water partition coefficient (Wildman–Crippen LogP) is 3.49. The SMILES string of the molecule is O=C(NN1C(=O)C(=Cc2ccc3ncccc3c2)SC1=S)c1ccccc1O. The number of fused-ring (bicyclic) bond motifs is 1. The van der Waals surface area contributed by atoms with Gasteiger partial charge >= 0.3 is 0 Å². The number of thiocarbonyl (C=S) groups is 1. The fourth-order valence-corrected chi connectivity index (χ4v) is 3.91. The zero-order valence-corrected chi connectivity index (χ0v) is 16.0. The van der Waals surface area contributed by atoms with E-state index in [1.165, 1.54) is 12.1 Å². The topological polar surface area (TPSA) is 82.5 Å². The van der Waals surface area contributed by atoms with Crippen molar-refractivity contribution in [2.24, 2.45) is 0 Å². The molecule has 1 saturated heterocycles. The normalized spacial score (nSPS) is 15.4. The summed E-state index contributed by atoms with van der Waals surface area (Å²) in [5, 5.41) is 11.8. The number of phenols is 1. The molecule has 0 atom stereocenters. The van der Waals surface area contributed by atoms with E-state index in [4.69, 9.17) is 12.2 Å². The summed E-state index contributed by atoms with van der Waals surface area (Å²) in [5.41, 5.74) is 4.20. The molecule has 1 aromatic heterocycles. The molecule has 4 rings (SSSR count). The molecule has 28 heavy (non-hydrogen) atoms. The van der Waals surface area contributed by atoms with Gasteiger partial charge in [-0.25, -0.2) is 0 Å². The number of nitrogens with one attached hydrogen (secondary N) is 1. The Morgan fingerprint density at radius 2 is 2.00 bits per heavy atom. The van der Waals surface area contributed by atoms with E-state index in [1.54, 1.807) is 24.4 Å². The van der Waals surface area contributed by atoms with Gasteiger partial charge in [0.2, 0.25) is 0 Å². The molecule has 2 heterocycles. The van der Waals surface area contributed by atoms with E-state index >= 15 is 0 Å². The van der Waals surface area contributed by atoms with E-state index < -0.39 is 11.8 Å². The Kier molecular flexibility index (Phi) is 4.81. The minimum atomic E-state index is -0.618. The van der Waals surface area contributed by atoms with Crippen LogP contribution in [-0.2, 0) is 4.79 Å². The van der Waals surface area contributed by atoms with Gasteiger partial charge in [0.15, 0.2) is 4.32 Å². The second kappa shape index (κ2) is 7.41. The van der Waals surface area contributed by atoms with Crippen LogP contribution in [0.2, 0.25) is 0 Å². The van der Waals surface area contributed by atoms with Gasteiger partial charge in [0.1, 0.15) is 5.75 Å². The first-order valence-electron chi connectivity index (χ1n) is 8.24. The van der Waals surface area contributed by atoms with Gasteiger partial charge in [-0.15, -0.1) is 0 Å². The molecule has 0 radical (unpaired) electrons. The molecule has 3 aromatic rings. The van der Waals surface area contributed by atoms with E-state index in [-0.39, 0.29) is 15.6 Å². The van der Waals surface area contributed by atoms with Crippen LogP contribution in [0.1, 0.15) is 15.9 Å². The van der Waals surface area contributed by atoms with Crippen molar-refractivity contribution in [3.05, 3.63) is 76.8 Å². The van der Waals surface area contributed by atoms with Gasteiger partial charge in [-0.05, 0) is 54.2 Å². The van der Waals surface area contributed by atoms with Crippen molar-refractivity contribution in [1.82, 2.24) is 15.4 Å². The lowest BCUT2D eigenvalue weighted by atomic mass is 10.1. The van der Waals surface area contributed by atoms with E-state index in [1.807, 2.05) is 30.3 Å². The molecule has 1 aliphatic rings. The zero-order chi connectivity index (χ0) is 19.7. The summed E-state index contributed by atoms with van der Waals surface area (Å²) >= 11 is 6.33. The van der Waals surface area contributed by atoms with Crippen molar-refractivity contribution in [2.45, 2.75) is 0 Å². The molecule has 1 fully saturated rings. The van der Waals surface area contributed by atoms with Crippen molar-refractivity contribution in [1.29, 1.82) is 0 Å². The maximum absolute atomic E-state index is 12.7. The molecule has 0 bridgehead atoms. The van der Waals surface area contributed by atoms with Crippen molar-refractivity contribution in [3.8, 4) is 5.75 Å². The fraction of sp³-hybridized carbons (Fsp3) is 0. The first-order valence-corrected chi connectivity index (χ1v) is 9.47. The highest BCUT2D eigenvalue weighted by molar-refractivity contribution is 8.26. The quantitative estimate of drug-likeness (QED) is 0.511. The standard InChI is InChI=1S/C20H13N3O3S2/c24-16-6-2-1-5-14(16)18(25)22-23-19(26)17(28-20(23)27)11-12-7-8-15-13(10-12)4-3-9-21-15/h1-11,24H,(H,22,25). The van der Waals surface area contributed by atoms with Crippen LogP contribution in [0.4, 0.5) is 0 Å². The fourth-order valence-electron chi connectivity index (χ4n) is 2.73. The molecule has 2 N–H and O–H groups in total. The minimum Gasteiger partial charge on any atom is -0.507 e. The van der Waals surface area contributed by atoms with Gasteiger partial charge in [0.05, 0.1) is 16.0 Å². The molecule has 8 heteroatoms. The lowest BCUT2D eigenvalue weighted by Crippen LogP contribution is -2.44. The number of hydrogen-bond acceptors (Lipinski definition) is 6.